The monoisotopic (exact) mass is 562 g/mol. The summed E-state index contributed by atoms with van der Waals surface area (Å²) >= 11 is 19.0. The van der Waals surface area contributed by atoms with Crippen LogP contribution in [0.15, 0.2) is 36.8 Å². The Morgan fingerprint density at radius 1 is 1.11 bits per heavy atom. The molecule has 4 bridgehead atoms. The summed E-state index contributed by atoms with van der Waals surface area (Å²) in [4.78, 5) is 24.1. The highest BCUT2D eigenvalue weighted by atomic mass is 35.5. The normalized spacial score (nSPS) is 28.0. The minimum Gasteiger partial charge on any atom is -0.308 e. The minimum atomic E-state index is -0.407. The SMILES string of the molecule is O=C(CC12CC3CC(C1)CC(n1cc([N+](=O)[O-])cn1)(C3)C2)Nc1nn(Cc2c(Cl)cccc2Cl)cc1Cl. The van der Waals surface area contributed by atoms with Gasteiger partial charge in [-0.05, 0) is 67.9 Å². The van der Waals surface area contributed by atoms with Crippen molar-refractivity contribution in [1.29, 1.82) is 0 Å². The van der Waals surface area contributed by atoms with Crippen LogP contribution in [0, 0.1) is 27.4 Å². The first-order valence-electron chi connectivity index (χ1n) is 12.3. The van der Waals surface area contributed by atoms with Crippen molar-refractivity contribution in [2.24, 2.45) is 17.3 Å². The second-order valence-electron chi connectivity index (χ2n) is 11.0. The lowest BCUT2D eigenvalue weighted by molar-refractivity contribution is -0.385. The van der Waals surface area contributed by atoms with Gasteiger partial charge in [0.05, 0.1) is 17.0 Å². The number of aromatic nitrogens is 4. The largest absolute Gasteiger partial charge is 0.308 e. The first kappa shape index (κ1) is 24.7. The molecule has 0 aliphatic heterocycles. The summed E-state index contributed by atoms with van der Waals surface area (Å²) < 4.78 is 3.42. The molecule has 2 aromatic heterocycles. The fourth-order valence-corrected chi connectivity index (χ4v) is 8.18. The summed E-state index contributed by atoms with van der Waals surface area (Å²) in [6.45, 7) is 0.319. The van der Waals surface area contributed by atoms with E-state index in [-0.39, 0.29) is 22.5 Å². The summed E-state index contributed by atoms with van der Waals surface area (Å²) in [7, 11) is 0. The number of carbonyl (C=O) groups is 1. The van der Waals surface area contributed by atoms with Crippen molar-refractivity contribution in [3.8, 4) is 0 Å². The van der Waals surface area contributed by atoms with Crippen LogP contribution in [0.25, 0.3) is 0 Å². The highest BCUT2D eigenvalue weighted by molar-refractivity contribution is 6.36. The van der Waals surface area contributed by atoms with Crippen molar-refractivity contribution in [3.63, 3.8) is 0 Å². The molecule has 4 saturated carbocycles. The molecule has 2 heterocycles. The molecule has 3 aromatic rings. The van der Waals surface area contributed by atoms with Crippen LogP contribution in [0.1, 0.15) is 50.5 Å². The molecule has 9 nitrogen and oxygen atoms in total. The van der Waals surface area contributed by atoms with E-state index in [1.807, 2.05) is 4.68 Å². The Kier molecular flexibility index (Phi) is 6.00. The Balaban J connectivity index is 1.18. The van der Waals surface area contributed by atoms with Crippen LogP contribution in [-0.4, -0.2) is 30.4 Å². The lowest BCUT2D eigenvalue weighted by Crippen LogP contribution is -2.57. The molecule has 1 amide bonds. The first-order valence-corrected chi connectivity index (χ1v) is 13.4. The van der Waals surface area contributed by atoms with Gasteiger partial charge in [0.15, 0.2) is 5.82 Å². The van der Waals surface area contributed by atoms with Gasteiger partial charge in [0.25, 0.3) is 0 Å². The maximum atomic E-state index is 13.3. The molecule has 2 unspecified atom stereocenters. The lowest BCUT2D eigenvalue weighted by Gasteiger charge is -2.61. The average molecular weight is 564 g/mol. The van der Waals surface area contributed by atoms with E-state index >= 15 is 0 Å². The Bertz CT molecular complexity index is 1370. The Morgan fingerprint density at radius 2 is 1.81 bits per heavy atom. The average Bonchev–Trinajstić information content (AvgIpc) is 3.43. The smallest absolute Gasteiger partial charge is 0.307 e. The van der Waals surface area contributed by atoms with Crippen LogP contribution in [0.5, 0.6) is 0 Å². The highest BCUT2D eigenvalue weighted by Gasteiger charge is 2.59. The fraction of sp³-hybridized carbons (Fsp3) is 0.480. The zero-order chi connectivity index (χ0) is 25.9. The number of nitro groups is 1. The Morgan fingerprint density at radius 3 is 2.46 bits per heavy atom. The molecule has 4 fully saturated rings. The number of hydrogen-bond acceptors (Lipinski definition) is 5. The van der Waals surface area contributed by atoms with Crippen LogP contribution in [0.2, 0.25) is 15.1 Å². The first-order chi connectivity index (χ1) is 17.6. The van der Waals surface area contributed by atoms with Gasteiger partial charge in [-0.3, -0.25) is 24.3 Å². The summed E-state index contributed by atoms with van der Waals surface area (Å²) in [6.07, 6.45) is 10.7. The van der Waals surface area contributed by atoms with E-state index in [1.54, 1.807) is 35.3 Å². The van der Waals surface area contributed by atoms with Gasteiger partial charge in [0, 0.05) is 28.2 Å². The molecule has 0 radical (unpaired) electrons. The predicted octanol–water partition coefficient (Wildman–Crippen LogP) is 6.32. The molecule has 7 rings (SSSR count). The lowest BCUT2D eigenvalue weighted by atomic mass is 9.46. The van der Waals surface area contributed by atoms with Crippen molar-refractivity contribution >= 4 is 52.2 Å². The third kappa shape index (κ3) is 4.51. The highest BCUT2D eigenvalue weighted by Crippen LogP contribution is 2.65. The molecule has 4 aliphatic rings. The number of hydrogen-bond donors (Lipinski definition) is 1. The van der Waals surface area contributed by atoms with Gasteiger partial charge < -0.3 is 5.32 Å². The molecule has 194 valence electrons. The molecule has 0 spiro atoms. The fourth-order valence-electron chi connectivity index (χ4n) is 7.47. The van der Waals surface area contributed by atoms with E-state index in [9.17, 15) is 14.9 Å². The van der Waals surface area contributed by atoms with Crippen molar-refractivity contribution in [2.45, 2.75) is 57.0 Å². The van der Waals surface area contributed by atoms with E-state index in [1.165, 1.54) is 6.20 Å². The second-order valence-corrected chi connectivity index (χ2v) is 12.3. The van der Waals surface area contributed by atoms with Crippen LogP contribution in [0.4, 0.5) is 11.5 Å². The Hall–Kier alpha value is -2.62. The predicted molar refractivity (Wildman–Crippen MR) is 140 cm³/mol. The van der Waals surface area contributed by atoms with E-state index in [2.05, 4.69) is 15.5 Å². The van der Waals surface area contributed by atoms with Crippen molar-refractivity contribution in [3.05, 3.63) is 67.5 Å². The minimum absolute atomic E-state index is 0.00541. The standard InChI is InChI=1S/C25H25Cl3N6O3/c26-19-2-1-3-20(27)18(19)12-32-13-21(28)23(31-32)30-22(35)9-24-5-15-4-16(6-24)8-25(7-15,14-24)33-11-17(10-29-33)34(36)37/h1-3,10-11,13,15-16H,4-9,12,14H2,(H,30,31,35). The van der Waals surface area contributed by atoms with E-state index < -0.39 is 4.92 Å². The molecule has 1 N–H and O–H groups in total. The molecule has 37 heavy (non-hydrogen) atoms. The number of halogens is 3. The number of anilines is 1. The summed E-state index contributed by atoms with van der Waals surface area (Å²) in [5.41, 5.74) is 0.285. The van der Waals surface area contributed by atoms with Gasteiger partial charge in [-0.2, -0.15) is 10.2 Å². The molecule has 12 heteroatoms. The van der Waals surface area contributed by atoms with Gasteiger partial charge in [0.2, 0.25) is 5.91 Å². The maximum Gasteiger partial charge on any atom is 0.307 e. The number of rotatable bonds is 7. The molecule has 0 saturated heterocycles. The van der Waals surface area contributed by atoms with Crippen molar-refractivity contribution in [1.82, 2.24) is 19.6 Å². The van der Waals surface area contributed by atoms with Gasteiger partial charge in [-0.25, -0.2) is 0 Å². The van der Waals surface area contributed by atoms with Crippen molar-refractivity contribution in [2.75, 3.05) is 5.32 Å². The summed E-state index contributed by atoms with van der Waals surface area (Å²) in [6, 6.07) is 5.30. The second kappa shape index (κ2) is 8.99. The molecule has 1 aromatic carbocycles. The molecule has 4 aliphatic carbocycles. The third-order valence-corrected chi connectivity index (χ3v) is 9.29. The Labute approximate surface area is 228 Å². The summed E-state index contributed by atoms with van der Waals surface area (Å²) in [5, 5.41) is 24.4. The zero-order valence-electron chi connectivity index (χ0n) is 19.9. The van der Waals surface area contributed by atoms with Crippen molar-refractivity contribution < 1.29 is 9.72 Å². The van der Waals surface area contributed by atoms with Crippen LogP contribution in [0.3, 0.4) is 0 Å². The number of carbonyl (C=O) groups excluding carboxylic acids is 1. The number of nitrogens with zero attached hydrogens (tertiary/aromatic N) is 5. The molecule has 2 atom stereocenters. The topological polar surface area (TPSA) is 108 Å². The van der Waals surface area contributed by atoms with E-state index in [4.69, 9.17) is 34.8 Å². The van der Waals surface area contributed by atoms with Crippen LogP contribution >= 0.6 is 34.8 Å². The third-order valence-electron chi connectivity index (χ3n) is 8.31. The molecular weight excluding hydrogens is 539 g/mol. The van der Waals surface area contributed by atoms with Crippen LogP contribution in [-0.2, 0) is 16.9 Å². The van der Waals surface area contributed by atoms with E-state index in [0.29, 0.717) is 45.7 Å². The molecular formula is C25H25Cl3N6O3. The van der Waals surface area contributed by atoms with Gasteiger partial charge in [-0.1, -0.05) is 40.9 Å². The maximum absolute atomic E-state index is 13.3. The van der Waals surface area contributed by atoms with Gasteiger partial charge in [-0.15, -0.1) is 0 Å². The van der Waals surface area contributed by atoms with Gasteiger partial charge in [0.1, 0.15) is 17.4 Å². The number of nitrogens with one attached hydrogen (secondary N) is 1. The number of benzene rings is 1. The van der Waals surface area contributed by atoms with Crippen LogP contribution < -0.4 is 5.32 Å². The summed E-state index contributed by atoms with van der Waals surface area (Å²) in [5.74, 6) is 1.14. The zero-order valence-corrected chi connectivity index (χ0v) is 22.1. The quantitative estimate of drug-likeness (QED) is 0.267. The van der Waals surface area contributed by atoms with E-state index in [0.717, 1.165) is 44.1 Å². The number of amides is 1. The van der Waals surface area contributed by atoms with Gasteiger partial charge >= 0.3 is 5.69 Å².